The van der Waals surface area contributed by atoms with Gasteiger partial charge >= 0.3 is 0 Å². The van der Waals surface area contributed by atoms with E-state index in [4.69, 9.17) is 22.3 Å². The first-order valence-electron chi connectivity index (χ1n) is 6.63. The Morgan fingerprint density at radius 3 is 2.65 bits per heavy atom. The minimum atomic E-state index is 0.600. The molecule has 3 nitrogen and oxygen atoms in total. The fourth-order valence-corrected chi connectivity index (χ4v) is 2.59. The van der Waals surface area contributed by atoms with Crippen LogP contribution in [0.25, 0.3) is 16.9 Å². The van der Waals surface area contributed by atoms with Gasteiger partial charge in [-0.3, -0.25) is 0 Å². The molecule has 0 aliphatic rings. The Balaban J connectivity index is 2.26. The number of nitrogens with zero attached hydrogens (tertiary/aromatic N) is 2. The molecule has 0 radical (unpaired) electrons. The number of hydrogen-bond acceptors (Lipinski definition) is 2. The van der Waals surface area contributed by atoms with Crippen LogP contribution in [-0.4, -0.2) is 15.9 Å². The smallest absolute Gasteiger partial charge is 0.140 e. The van der Waals surface area contributed by atoms with Gasteiger partial charge in [-0.05, 0) is 37.2 Å². The van der Waals surface area contributed by atoms with Crippen molar-refractivity contribution in [3.05, 3.63) is 58.9 Å². The molecule has 1 aromatic carbocycles. The van der Waals surface area contributed by atoms with Crippen molar-refractivity contribution >= 4 is 17.2 Å². The Hall–Kier alpha value is -1.84. The first-order valence-corrected chi connectivity index (χ1v) is 7.01. The van der Waals surface area contributed by atoms with Crippen molar-refractivity contribution in [3.8, 4) is 11.3 Å². The number of halogens is 1. The molecule has 3 rings (SSSR count). The van der Waals surface area contributed by atoms with E-state index >= 15 is 0 Å². The molecule has 3 aromatic rings. The largest absolute Gasteiger partial charge is 0.330 e. The van der Waals surface area contributed by atoms with Crippen LogP contribution in [0.3, 0.4) is 0 Å². The maximum atomic E-state index is 5.96. The van der Waals surface area contributed by atoms with Gasteiger partial charge in [0.1, 0.15) is 5.65 Å². The van der Waals surface area contributed by atoms with Crippen LogP contribution >= 0.6 is 11.6 Å². The summed E-state index contributed by atoms with van der Waals surface area (Å²) in [6.45, 7) is 2.67. The van der Waals surface area contributed by atoms with Crippen molar-refractivity contribution in [2.45, 2.75) is 13.3 Å². The molecule has 0 fully saturated rings. The molecule has 0 atom stereocenters. The summed E-state index contributed by atoms with van der Waals surface area (Å²) in [5.74, 6) is 0. The Kier molecular flexibility index (Phi) is 3.47. The van der Waals surface area contributed by atoms with Crippen LogP contribution in [-0.2, 0) is 6.42 Å². The van der Waals surface area contributed by atoms with Crippen LogP contribution in [0.15, 0.2) is 42.6 Å². The van der Waals surface area contributed by atoms with Gasteiger partial charge in [0.25, 0.3) is 0 Å². The minimum Gasteiger partial charge on any atom is -0.330 e. The van der Waals surface area contributed by atoms with E-state index in [1.807, 2.05) is 36.5 Å². The molecule has 2 heterocycles. The van der Waals surface area contributed by atoms with E-state index in [-0.39, 0.29) is 0 Å². The summed E-state index contributed by atoms with van der Waals surface area (Å²) >= 11 is 5.96. The van der Waals surface area contributed by atoms with E-state index in [0.717, 1.165) is 39.6 Å². The van der Waals surface area contributed by atoms with Crippen molar-refractivity contribution in [2.75, 3.05) is 6.54 Å². The molecule has 0 spiro atoms. The number of pyridine rings is 1. The monoisotopic (exact) mass is 285 g/mol. The predicted molar refractivity (Wildman–Crippen MR) is 83.1 cm³/mol. The fraction of sp³-hybridized carbons (Fsp3) is 0.188. The van der Waals surface area contributed by atoms with Gasteiger partial charge in [-0.1, -0.05) is 29.8 Å². The Morgan fingerprint density at radius 2 is 1.95 bits per heavy atom. The van der Waals surface area contributed by atoms with Gasteiger partial charge in [0, 0.05) is 23.2 Å². The SMILES string of the molecule is Cc1cccn2c(CCN)c(-c3ccc(Cl)cc3)nc12. The van der Waals surface area contributed by atoms with Gasteiger partial charge in [0.05, 0.1) is 11.4 Å². The highest BCUT2D eigenvalue weighted by molar-refractivity contribution is 6.30. The summed E-state index contributed by atoms with van der Waals surface area (Å²) in [7, 11) is 0. The second-order valence-electron chi connectivity index (χ2n) is 4.84. The Morgan fingerprint density at radius 1 is 1.20 bits per heavy atom. The molecule has 0 aliphatic carbocycles. The lowest BCUT2D eigenvalue weighted by Crippen LogP contribution is -2.06. The molecule has 0 saturated heterocycles. The van der Waals surface area contributed by atoms with Crippen LogP contribution in [0, 0.1) is 6.92 Å². The molecule has 0 amide bonds. The second kappa shape index (κ2) is 5.27. The lowest BCUT2D eigenvalue weighted by atomic mass is 10.1. The second-order valence-corrected chi connectivity index (χ2v) is 5.27. The van der Waals surface area contributed by atoms with Gasteiger partial charge in [0.2, 0.25) is 0 Å². The number of nitrogens with two attached hydrogens (primary N) is 1. The molecule has 4 heteroatoms. The number of aryl methyl sites for hydroxylation is 1. The number of rotatable bonds is 3. The zero-order chi connectivity index (χ0) is 14.1. The molecule has 2 aromatic heterocycles. The van der Waals surface area contributed by atoms with Crippen LogP contribution in [0.2, 0.25) is 5.02 Å². The first-order chi connectivity index (χ1) is 9.70. The summed E-state index contributed by atoms with van der Waals surface area (Å²) in [5, 5.41) is 0.731. The quantitative estimate of drug-likeness (QED) is 0.801. The van der Waals surface area contributed by atoms with Gasteiger partial charge in [0.15, 0.2) is 0 Å². The average molecular weight is 286 g/mol. The molecular weight excluding hydrogens is 270 g/mol. The predicted octanol–water partition coefficient (Wildman–Crippen LogP) is 3.46. The van der Waals surface area contributed by atoms with E-state index in [0.29, 0.717) is 6.54 Å². The Labute approximate surface area is 123 Å². The molecule has 0 unspecified atom stereocenters. The van der Waals surface area contributed by atoms with E-state index < -0.39 is 0 Å². The first kappa shape index (κ1) is 13.2. The highest BCUT2D eigenvalue weighted by atomic mass is 35.5. The maximum absolute atomic E-state index is 5.96. The molecule has 0 bridgehead atoms. The lowest BCUT2D eigenvalue weighted by Gasteiger charge is -2.04. The normalized spacial score (nSPS) is 11.2. The van der Waals surface area contributed by atoms with Crippen LogP contribution in [0.4, 0.5) is 0 Å². The van der Waals surface area contributed by atoms with Gasteiger partial charge in [-0.25, -0.2) is 4.98 Å². The molecular formula is C16H16ClN3. The zero-order valence-electron chi connectivity index (χ0n) is 11.3. The third-order valence-electron chi connectivity index (χ3n) is 3.44. The summed E-state index contributed by atoms with van der Waals surface area (Å²) in [4.78, 5) is 4.80. The van der Waals surface area contributed by atoms with Crippen molar-refractivity contribution < 1.29 is 0 Å². The van der Waals surface area contributed by atoms with Gasteiger partial charge < -0.3 is 10.1 Å². The Bertz CT molecular complexity index is 744. The van der Waals surface area contributed by atoms with E-state index in [1.165, 1.54) is 0 Å². The van der Waals surface area contributed by atoms with Gasteiger partial charge in [-0.2, -0.15) is 0 Å². The van der Waals surface area contributed by atoms with Crippen molar-refractivity contribution in [1.29, 1.82) is 0 Å². The van der Waals surface area contributed by atoms with Crippen LogP contribution in [0.5, 0.6) is 0 Å². The number of imidazole rings is 1. The third-order valence-corrected chi connectivity index (χ3v) is 3.69. The highest BCUT2D eigenvalue weighted by Crippen LogP contribution is 2.27. The number of benzene rings is 1. The third kappa shape index (κ3) is 2.19. The van der Waals surface area contributed by atoms with Crippen LogP contribution < -0.4 is 5.73 Å². The van der Waals surface area contributed by atoms with Crippen molar-refractivity contribution in [2.24, 2.45) is 5.73 Å². The topological polar surface area (TPSA) is 43.3 Å². The minimum absolute atomic E-state index is 0.600. The number of aromatic nitrogens is 2. The standard InChI is InChI=1S/C16H16ClN3/c1-11-3-2-10-20-14(8-9-18)15(19-16(11)20)12-4-6-13(17)7-5-12/h2-7,10H,8-9,18H2,1H3. The fourth-order valence-electron chi connectivity index (χ4n) is 2.47. The summed E-state index contributed by atoms with van der Waals surface area (Å²) in [5.41, 5.74) is 11.1. The zero-order valence-corrected chi connectivity index (χ0v) is 12.1. The van der Waals surface area contributed by atoms with Crippen molar-refractivity contribution in [3.63, 3.8) is 0 Å². The van der Waals surface area contributed by atoms with Crippen LogP contribution in [0.1, 0.15) is 11.3 Å². The summed E-state index contributed by atoms with van der Waals surface area (Å²) in [6.07, 6.45) is 2.84. The molecule has 20 heavy (non-hydrogen) atoms. The lowest BCUT2D eigenvalue weighted by molar-refractivity contribution is 0.906. The van der Waals surface area contributed by atoms with Gasteiger partial charge in [-0.15, -0.1) is 0 Å². The van der Waals surface area contributed by atoms with Crippen molar-refractivity contribution in [1.82, 2.24) is 9.38 Å². The molecule has 0 saturated carbocycles. The molecule has 0 aliphatic heterocycles. The summed E-state index contributed by atoms with van der Waals surface area (Å²) in [6, 6.07) is 11.9. The van der Waals surface area contributed by atoms with E-state index in [9.17, 15) is 0 Å². The van der Waals surface area contributed by atoms with E-state index in [1.54, 1.807) is 0 Å². The molecule has 2 N–H and O–H groups in total. The average Bonchev–Trinajstić information content (AvgIpc) is 2.81. The maximum Gasteiger partial charge on any atom is 0.140 e. The number of hydrogen-bond donors (Lipinski definition) is 1. The summed E-state index contributed by atoms with van der Waals surface area (Å²) < 4.78 is 2.13. The molecule has 102 valence electrons. The highest BCUT2D eigenvalue weighted by Gasteiger charge is 2.14. The number of fused-ring (bicyclic) bond motifs is 1. The van der Waals surface area contributed by atoms with E-state index in [2.05, 4.69) is 17.4 Å².